The largest absolute Gasteiger partial charge is 0.478 e. The van der Waals surface area contributed by atoms with Gasteiger partial charge in [0.2, 0.25) is 0 Å². The molecule has 23 heavy (non-hydrogen) atoms. The summed E-state index contributed by atoms with van der Waals surface area (Å²) in [6.07, 6.45) is 11.0. The van der Waals surface area contributed by atoms with Crippen LogP contribution in [0.5, 0.6) is 0 Å². The predicted octanol–water partition coefficient (Wildman–Crippen LogP) is 3.92. The van der Waals surface area contributed by atoms with E-state index in [0.29, 0.717) is 5.56 Å². The molecular formula is C18H24O4S. The summed E-state index contributed by atoms with van der Waals surface area (Å²) < 4.78 is 23.0. The van der Waals surface area contributed by atoms with Crippen molar-refractivity contribution >= 4 is 21.4 Å². The topological polar surface area (TPSA) is 71.4 Å². The first-order valence-electron chi connectivity index (χ1n) is 8.13. The molecule has 0 heterocycles. The zero-order chi connectivity index (χ0) is 16.9. The van der Waals surface area contributed by atoms with Gasteiger partial charge in [-0.25, -0.2) is 13.2 Å². The molecule has 1 aliphatic rings. The van der Waals surface area contributed by atoms with Crippen molar-refractivity contribution in [2.75, 3.05) is 6.26 Å². The Balaban J connectivity index is 2.26. The maximum Gasteiger partial charge on any atom is 0.335 e. The Labute approximate surface area is 138 Å². The second-order valence-electron chi connectivity index (χ2n) is 6.29. The van der Waals surface area contributed by atoms with E-state index in [4.69, 9.17) is 0 Å². The molecule has 1 N–H and O–H groups in total. The second kappa shape index (κ2) is 7.77. The number of allylic oxidation sites excluding steroid dienone is 1. The summed E-state index contributed by atoms with van der Waals surface area (Å²) in [5.41, 5.74) is 0.836. The van der Waals surface area contributed by atoms with Crippen LogP contribution in [0.1, 0.15) is 50.5 Å². The molecule has 0 aliphatic heterocycles. The molecule has 0 radical (unpaired) electrons. The third-order valence-electron chi connectivity index (χ3n) is 4.38. The lowest BCUT2D eigenvalue weighted by Crippen LogP contribution is -2.06. The minimum absolute atomic E-state index is 0.206. The number of aliphatic carboxylic acids is 1. The van der Waals surface area contributed by atoms with Gasteiger partial charge < -0.3 is 5.11 Å². The van der Waals surface area contributed by atoms with Gasteiger partial charge in [0.05, 0.1) is 10.5 Å². The highest BCUT2D eigenvalue weighted by Gasteiger charge is 2.16. The van der Waals surface area contributed by atoms with Crippen LogP contribution in [-0.2, 0) is 14.6 Å². The molecule has 1 aromatic carbocycles. The molecule has 0 unspecified atom stereocenters. The Kier molecular flexibility index (Phi) is 5.99. The van der Waals surface area contributed by atoms with Crippen LogP contribution in [0.25, 0.3) is 5.57 Å². The fraction of sp³-hybridized carbons (Fsp3) is 0.500. The quantitative estimate of drug-likeness (QED) is 0.846. The van der Waals surface area contributed by atoms with Crippen LogP contribution in [0.2, 0.25) is 0 Å². The fourth-order valence-corrected chi connectivity index (χ4v) is 3.69. The molecule has 4 nitrogen and oxygen atoms in total. The summed E-state index contributed by atoms with van der Waals surface area (Å²) in [6.45, 7) is 0. The summed E-state index contributed by atoms with van der Waals surface area (Å²) in [6, 6.07) is 6.11. The van der Waals surface area contributed by atoms with Gasteiger partial charge in [-0.2, -0.15) is 0 Å². The molecule has 0 spiro atoms. The third-order valence-corrected chi connectivity index (χ3v) is 5.50. The van der Waals surface area contributed by atoms with E-state index in [1.54, 1.807) is 12.1 Å². The van der Waals surface area contributed by atoms with Gasteiger partial charge in [0.25, 0.3) is 0 Å². The van der Waals surface area contributed by atoms with Crippen LogP contribution in [0, 0.1) is 5.92 Å². The number of benzene rings is 1. The Morgan fingerprint density at radius 1 is 1.04 bits per heavy atom. The van der Waals surface area contributed by atoms with Crippen LogP contribution < -0.4 is 0 Å². The van der Waals surface area contributed by atoms with Gasteiger partial charge in [0, 0.05) is 6.26 Å². The molecule has 126 valence electrons. The number of sulfone groups is 1. The SMILES string of the molecule is CS(=O)(=O)c1ccc(/C(=C\C2CCCCCCC2)C(=O)O)cc1. The van der Waals surface area contributed by atoms with Gasteiger partial charge in [-0.3, -0.25) is 0 Å². The van der Waals surface area contributed by atoms with Crippen molar-refractivity contribution in [1.82, 2.24) is 0 Å². The van der Waals surface area contributed by atoms with Crippen molar-refractivity contribution in [3.63, 3.8) is 0 Å². The van der Waals surface area contributed by atoms with Gasteiger partial charge in [0.1, 0.15) is 0 Å². The van der Waals surface area contributed by atoms with Gasteiger partial charge >= 0.3 is 5.97 Å². The second-order valence-corrected chi connectivity index (χ2v) is 8.30. The molecule has 1 aromatic rings. The van der Waals surface area contributed by atoms with E-state index in [2.05, 4.69) is 0 Å². The Morgan fingerprint density at radius 3 is 2.04 bits per heavy atom. The maximum atomic E-state index is 11.6. The van der Waals surface area contributed by atoms with Crippen LogP contribution in [0.15, 0.2) is 35.2 Å². The normalized spacial score (nSPS) is 18.2. The lowest BCUT2D eigenvalue weighted by molar-refractivity contribution is -0.130. The molecule has 1 aliphatic carbocycles. The van der Waals surface area contributed by atoms with Crippen molar-refractivity contribution < 1.29 is 18.3 Å². The molecule has 2 rings (SSSR count). The Morgan fingerprint density at radius 2 is 1.57 bits per heavy atom. The summed E-state index contributed by atoms with van der Waals surface area (Å²) in [5.74, 6) is -0.671. The van der Waals surface area contributed by atoms with Crippen LogP contribution in [0.3, 0.4) is 0 Å². The summed E-state index contributed by atoms with van der Waals surface area (Å²) >= 11 is 0. The van der Waals surface area contributed by atoms with Crippen LogP contribution >= 0.6 is 0 Å². The predicted molar refractivity (Wildman–Crippen MR) is 91.0 cm³/mol. The third kappa shape index (κ3) is 5.20. The monoisotopic (exact) mass is 336 g/mol. The number of carboxylic acid groups (broad SMARTS) is 1. The zero-order valence-corrected chi connectivity index (χ0v) is 14.3. The van der Waals surface area contributed by atoms with E-state index < -0.39 is 15.8 Å². The number of hydrogen-bond acceptors (Lipinski definition) is 3. The summed E-state index contributed by atoms with van der Waals surface area (Å²) in [4.78, 5) is 11.8. The summed E-state index contributed by atoms with van der Waals surface area (Å²) in [7, 11) is -3.27. The van der Waals surface area contributed by atoms with Crippen LogP contribution in [0.4, 0.5) is 0 Å². The van der Waals surface area contributed by atoms with Gasteiger partial charge in [-0.05, 0) is 36.5 Å². The minimum atomic E-state index is -3.27. The minimum Gasteiger partial charge on any atom is -0.478 e. The highest BCUT2D eigenvalue weighted by molar-refractivity contribution is 7.90. The lowest BCUT2D eigenvalue weighted by Gasteiger charge is -2.17. The standard InChI is InChI=1S/C18H24O4S/c1-23(21,22)16-11-9-15(10-12-16)17(18(19)20)13-14-7-5-3-2-4-6-8-14/h9-14H,2-8H2,1H3,(H,19,20)/b17-13+. The van der Waals surface area contributed by atoms with Crippen molar-refractivity contribution in [3.8, 4) is 0 Å². The highest BCUT2D eigenvalue weighted by Crippen LogP contribution is 2.27. The highest BCUT2D eigenvalue weighted by atomic mass is 32.2. The van der Waals surface area contributed by atoms with E-state index in [-0.39, 0.29) is 16.4 Å². The van der Waals surface area contributed by atoms with Gasteiger partial charge in [-0.1, -0.05) is 50.3 Å². The molecular weight excluding hydrogens is 312 g/mol. The first kappa shape index (κ1) is 17.7. The molecule has 1 fully saturated rings. The van der Waals surface area contributed by atoms with Gasteiger partial charge in [0.15, 0.2) is 9.84 Å². The number of carbonyl (C=O) groups is 1. The number of rotatable bonds is 4. The lowest BCUT2D eigenvalue weighted by atomic mass is 9.88. The molecule has 0 saturated heterocycles. The van der Waals surface area contributed by atoms with E-state index in [9.17, 15) is 18.3 Å². The van der Waals surface area contributed by atoms with Crippen molar-refractivity contribution in [2.24, 2.45) is 5.92 Å². The van der Waals surface area contributed by atoms with E-state index >= 15 is 0 Å². The number of hydrogen-bond donors (Lipinski definition) is 1. The molecule has 0 bridgehead atoms. The van der Waals surface area contributed by atoms with Crippen molar-refractivity contribution in [2.45, 2.75) is 49.8 Å². The average Bonchev–Trinajstić information content (AvgIpc) is 2.45. The molecule has 0 aromatic heterocycles. The molecule has 1 saturated carbocycles. The first-order valence-corrected chi connectivity index (χ1v) is 10.0. The Hall–Kier alpha value is -1.62. The smallest absolute Gasteiger partial charge is 0.335 e. The Bertz CT molecular complexity index is 663. The summed E-state index contributed by atoms with van der Waals surface area (Å²) in [5, 5.41) is 9.53. The zero-order valence-electron chi connectivity index (χ0n) is 13.5. The molecule has 0 amide bonds. The van der Waals surface area contributed by atoms with E-state index in [1.165, 1.54) is 31.4 Å². The maximum absolute atomic E-state index is 11.6. The van der Waals surface area contributed by atoms with Crippen molar-refractivity contribution in [3.05, 3.63) is 35.9 Å². The molecule has 0 atom stereocenters. The number of carboxylic acids is 1. The average molecular weight is 336 g/mol. The van der Waals surface area contributed by atoms with E-state index in [1.807, 2.05) is 6.08 Å². The van der Waals surface area contributed by atoms with E-state index in [0.717, 1.165) is 31.9 Å². The first-order chi connectivity index (χ1) is 10.9. The fourth-order valence-electron chi connectivity index (χ4n) is 3.06. The van der Waals surface area contributed by atoms with Crippen LogP contribution in [-0.4, -0.2) is 25.7 Å². The molecule has 5 heteroatoms. The van der Waals surface area contributed by atoms with Gasteiger partial charge in [-0.15, -0.1) is 0 Å². The van der Waals surface area contributed by atoms with Crippen molar-refractivity contribution in [1.29, 1.82) is 0 Å².